The van der Waals surface area contributed by atoms with Crippen molar-refractivity contribution in [1.29, 1.82) is 0 Å². The fraction of sp³-hybridized carbons (Fsp3) is 0.100. The molecule has 1 aliphatic rings. The lowest BCUT2D eigenvalue weighted by Crippen LogP contribution is -2.16. The van der Waals surface area contributed by atoms with Gasteiger partial charge in [0.05, 0.1) is 5.71 Å². The minimum Gasteiger partial charge on any atom is -0.301 e. The third kappa shape index (κ3) is 1.99. The van der Waals surface area contributed by atoms with Gasteiger partial charge in [-0.05, 0) is 17.0 Å². The van der Waals surface area contributed by atoms with Crippen molar-refractivity contribution in [1.82, 2.24) is 0 Å². The van der Waals surface area contributed by atoms with Crippen molar-refractivity contribution in [2.24, 2.45) is 10.7 Å². The summed E-state index contributed by atoms with van der Waals surface area (Å²) in [6.07, 6.45) is 1.99. The molecule has 0 bridgehead atoms. The number of aliphatic imine (C=N–C) groups is 1. The van der Waals surface area contributed by atoms with Crippen LogP contribution in [0.3, 0.4) is 0 Å². The second-order valence-electron chi connectivity index (χ2n) is 2.71. The summed E-state index contributed by atoms with van der Waals surface area (Å²) in [5.41, 5.74) is 7.62. The van der Waals surface area contributed by atoms with Crippen LogP contribution in [-0.4, -0.2) is 11.2 Å². The van der Waals surface area contributed by atoms with Crippen LogP contribution in [0.25, 0.3) is 0 Å². The van der Waals surface area contributed by atoms with Crippen molar-refractivity contribution in [3.8, 4) is 0 Å². The highest BCUT2D eigenvalue weighted by Gasteiger charge is 2.06. The summed E-state index contributed by atoms with van der Waals surface area (Å²) in [6, 6.07) is 10.1. The maximum absolute atomic E-state index is 5.69. The van der Waals surface area contributed by atoms with Gasteiger partial charge in [-0.15, -0.1) is 0 Å². The van der Waals surface area contributed by atoms with Gasteiger partial charge >= 0.3 is 0 Å². The standard InChI is InChI=1S/C10H10N2S/c11-10-12-9(6-7-13-10)8-4-2-1-3-5-8/h1-7,10H,11H2. The van der Waals surface area contributed by atoms with E-state index in [2.05, 4.69) is 4.99 Å². The van der Waals surface area contributed by atoms with E-state index in [-0.39, 0.29) is 5.50 Å². The molecular formula is C10H10N2S. The summed E-state index contributed by atoms with van der Waals surface area (Å²) in [4.78, 5) is 4.32. The summed E-state index contributed by atoms with van der Waals surface area (Å²) in [5, 5.41) is 1.99. The van der Waals surface area contributed by atoms with Gasteiger partial charge in [0.1, 0.15) is 5.50 Å². The van der Waals surface area contributed by atoms with Crippen LogP contribution in [0.2, 0.25) is 0 Å². The van der Waals surface area contributed by atoms with Crippen molar-refractivity contribution >= 4 is 17.5 Å². The van der Waals surface area contributed by atoms with Crippen LogP contribution < -0.4 is 5.73 Å². The molecule has 0 aromatic heterocycles. The summed E-state index contributed by atoms with van der Waals surface area (Å²) in [5.74, 6) is 0. The Labute approximate surface area is 81.6 Å². The maximum atomic E-state index is 5.69. The van der Waals surface area contributed by atoms with Crippen LogP contribution in [0, 0.1) is 0 Å². The Balaban J connectivity index is 2.32. The molecule has 0 saturated heterocycles. The molecule has 0 fully saturated rings. The molecule has 0 radical (unpaired) electrons. The molecule has 1 aliphatic heterocycles. The molecule has 1 heterocycles. The number of nitrogens with two attached hydrogens (primary N) is 1. The molecule has 66 valence electrons. The van der Waals surface area contributed by atoms with Gasteiger partial charge in [0, 0.05) is 0 Å². The maximum Gasteiger partial charge on any atom is 0.149 e. The Morgan fingerprint density at radius 1 is 1.23 bits per heavy atom. The van der Waals surface area contributed by atoms with E-state index in [4.69, 9.17) is 5.73 Å². The number of nitrogens with zero attached hydrogens (tertiary/aromatic N) is 1. The number of allylic oxidation sites excluding steroid dienone is 1. The molecule has 1 aromatic carbocycles. The molecule has 1 atom stereocenters. The monoisotopic (exact) mass is 190 g/mol. The number of benzene rings is 1. The SMILES string of the molecule is NC1N=C(c2ccccc2)C=CS1. The largest absolute Gasteiger partial charge is 0.301 e. The van der Waals surface area contributed by atoms with Crippen LogP contribution in [0.1, 0.15) is 5.56 Å². The zero-order chi connectivity index (χ0) is 9.10. The van der Waals surface area contributed by atoms with Crippen molar-refractivity contribution in [2.45, 2.75) is 5.50 Å². The van der Waals surface area contributed by atoms with E-state index in [0.717, 1.165) is 11.3 Å². The first-order chi connectivity index (χ1) is 6.36. The second-order valence-corrected chi connectivity index (χ2v) is 3.74. The molecule has 13 heavy (non-hydrogen) atoms. The Hall–Kier alpha value is -1.06. The fourth-order valence-corrected chi connectivity index (χ4v) is 1.72. The summed E-state index contributed by atoms with van der Waals surface area (Å²) < 4.78 is 0. The van der Waals surface area contributed by atoms with Gasteiger partial charge in [-0.25, -0.2) is 0 Å². The van der Waals surface area contributed by atoms with Gasteiger partial charge in [0.15, 0.2) is 0 Å². The minimum absolute atomic E-state index is 0.153. The molecule has 1 unspecified atom stereocenters. The number of hydrogen-bond acceptors (Lipinski definition) is 3. The highest BCUT2D eigenvalue weighted by Crippen LogP contribution is 2.17. The molecule has 0 spiro atoms. The molecule has 0 amide bonds. The highest BCUT2D eigenvalue weighted by atomic mass is 32.2. The van der Waals surface area contributed by atoms with Crippen molar-refractivity contribution in [2.75, 3.05) is 0 Å². The quantitative estimate of drug-likeness (QED) is 0.735. The van der Waals surface area contributed by atoms with Crippen molar-refractivity contribution in [3.05, 3.63) is 47.4 Å². The first kappa shape index (κ1) is 8.53. The van der Waals surface area contributed by atoms with Gasteiger partial charge in [0.2, 0.25) is 0 Å². The van der Waals surface area contributed by atoms with E-state index in [9.17, 15) is 0 Å². The van der Waals surface area contributed by atoms with Crippen LogP contribution >= 0.6 is 11.8 Å². The average molecular weight is 190 g/mol. The van der Waals surface area contributed by atoms with Gasteiger partial charge < -0.3 is 5.73 Å². The van der Waals surface area contributed by atoms with E-state index in [0.29, 0.717) is 0 Å². The summed E-state index contributed by atoms with van der Waals surface area (Å²) in [7, 11) is 0. The van der Waals surface area contributed by atoms with Gasteiger partial charge in [-0.1, -0.05) is 42.1 Å². The van der Waals surface area contributed by atoms with E-state index in [1.165, 1.54) is 11.8 Å². The van der Waals surface area contributed by atoms with Crippen molar-refractivity contribution in [3.63, 3.8) is 0 Å². The Bertz CT molecular complexity index is 343. The predicted octanol–water partition coefficient (Wildman–Crippen LogP) is 1.98. The minimum atomic E-state index is -0.153. The molecule has 2 nitrogen and oxygen atoms in total. The van der Waals surface area contributed by atoms with E-state index in [1.807, 2.05) is 41.8 Å². The van der Waals surface area contributed by atoms with Crippen molar-refractivity contribution < 1.29 is 0 Å². The second kappa shape index (κ2) is 3.77. The zero-order valence-corrected chi connectivity index (χ0v) is 7.87. The van der Waals surface area contributed by atoms with Crippen LogP contribution in [0.15, 0.2) is 46.8 Å². The van der Waals surface area contributed by atoms with E-state index >= 15 is 0 Å². The first-order valence-electron chi connectivity index (χ1n) is 4.07. The average Bonchev–Trinajstić information content (AvgIpc) is 2.19. The highest BCUT2D eigenvalue weighted by molar-refractivity contribution is 8.02. The van der Waals surface area contributed by atoms with Crippen LogP contribution in [0.4, 0.5) is 0 Å². The molecule has 2 N–H and O–H groups in total. The first-order valence-corrected chi connectivity index (χ1v) is 5.01. The fourth-order valence-electron chi connectivity index (χ4n) is 1.17. The normalized spacial score (nSPS) is 21.3. The van der Waals surface area contributed by atoms with Gasteiger partial charge in [0.25, 0.3) is 0 Å². The van der Waals surface area contributed by atoms with Crippen LogP contribution in [0.5, 0.6) is 0 Å². The summed E-state index contributed by atoms with van der Waals surface area (Å²) >= 11 is 1.53. The topological polar surface area (TPSA) is 38.4 Å². The summed E-state index contributed by atoms with van der Waals surface area (Å²) in [6.45, 7) is 0. The number of rotatable bonds is 1. The van der Waals surface area contributed by atoms with Gasteiger partial charge in [-0.2, -0.15) is 0 Å². The third-order valence-electron chi connectivity index (χ3n) is 1.78. The lowest BCUT2D eigenvalue weighted by Gasteiger charge is -2.10. The smallest absolute Gasteiger partial charge is 0.149 e. The predicted molar refractivity (Wildman–Crippen MR) is 57.7 cm³/mol. The molecule has 0 saturated carbocycles. The van der Waals surface area contributed by atoms with Gasteiger partial charge in [-0.3, -0.25) is 4.99 Å². The van der Waals surface area contributed by atoms with E-state index in [1.54, 1.807) is 0 Å². The zero-order valence-electron chi connectivity index (χ0n) is 7.05. The number of thioether (sulfide) groups is 1. The van der Waals surface area contributed by atoms with E-state index < -0.39 is 0 Å². The Kier molecular flexibility index (Phi) is 2.47. The van der Waals surface area contributed by atoms with Crippen LogP contribution in [-0.2, 0) is 0 Å². The number of hydrogen-bond donors (Lipinski definition) is 1. The lowest BCUT2D eigenvalue weighted by molar-refractivity contribution is 0.991. The Morgan fingerprint density at radius 2 is 2.00 bits per heavy atom. The third-order valence-corrected chi connectivity index (χ3v) is 2.46. The molecule has 1 aromatic rings. The molecule has 0 aliphatic carbocycles. The Morgan fingerprint density at radius 3 is 2.69 bits per heavy atom. The molecule has 2 rings (SSSR count). The lowest BCUT2D eigenvalue weighted by atomic mass is 10.1. The molecular weight excluding hydrogens is 180 g/mol. The molecule has 3 heteroatoms.